The summed E-state index contributed by atoms with van der Waals surface area (Å²) in [5.41, 5.74) is 0.413. The summed E-state index contributed by atoms with van der Waals surface area (Å²) in [5, 5.41) is 6.21. The molecule has 0 aromatic heterocycles. The zero-order valence-electron chi connectivity index (χ0n) is 24.1. The Morgan fingerprint density at radius 3 is 2.03 bits per heavy atom. The molecule has 3 atom stereocenters. The van der Waals surface area contributed by atoms with Gasteiger partial charge in [0.2, 0.25) is 11.8 Å². The Hall–Kier alpha value is -2.67. The third-order valence-corrected chi connectivity index (χ3v) is 6.69. The standard InChI is InChI=1S/C29H47N3O4/c1-12-36-27(35)20(4)18-22(19(2)3)32(11)26(34)24(28(5,6)7)31-25(33)23(30-10)29(8,9)21-16-14-13-15-17-21/h13-19,22-24,30H,12H2,1-11H3,(H,31,33)/b20-18+/t22-,23+,24?/m0/s1. The lowest BCUT2D eigenvalue weighted by Gasteiger charge is -2.40. The van der Waals surface area contributed by atoms with Crippen molar-refractivity contribution in [3.63, 3.8) is 0 Å². The molecule has 0 saturated carbocycles. The van der Waals surface area contributed by atoms with Crippen LogP contribution in [0, 0.1) is 11.3 Å². The van der Waals surface area contributed by atoms with Gasteiger partial charge in [-0.1, -0.05) is 84.9 Å². The van der Waals surface area contributed by atoms with Crippen molar-refractivity contribution in [2.45, 2.75) is 85.9 Å². The Balaban J connectivity index is 3.28. The third kappa shape index (κ3) is 7.92. The molecule has 36 heavy (non-hydrogen) atoms. The van der Waals surface area contributed by atoms with E-state index >= 15 is 0 Å². The fraction of sp³-hybridized carbons (Fsp3) is 0.621. The maximum Gasteiger partial charge on any atom is 0.333 e. The van der Waals surface area contributed by atoms with Crippen LogP contribution in [0.3, 0.4) is 0 Å². The van der Waals surface area contributed by atoms with E-state index in [0.29, 0.717) is 5.57 Å². The highest BCUT2D eigenvalue weighted by atomic mass is 16.5. The van der Waals surface area contributed by atoms with Gasteiger partial charge in [0.05, 0.1) is 18.7 Å². The number of carbonyl (C=O) groups is 3. The summed E-state index contributed by atoms with van der Waals surface area (Å²) in [6.45, 7) is 17.6. The van der Waals surface area contributed by atoms with E-state index in [1.165, 1.54) is 0 Å². The summed E-state index contributed by atoms with van der Waals surface area (Å²) in [4.78, 5) is 41.2. The van der Waals surface area contributed by atoms with Crippen molar-refractivity contribution in [2.24, 2.45) is 11.3 Å². The van der Waals surface area contributed by atoms with Crippen LogP contribution >= 0.6 is 0 Å². The van der Waals surface area contributed by atoms with Gasteiger partial charge in [0.25, 0.3) is 0 Å². The van der Waals surface area contributed by atoms with E-state index < -0.39 is 28.9 Å². The first kappa shape index (κ1) is 31.4. The molecule has 7 heteroatoms. The van der Waals surface area contributed by atoms with Crippen LogP contribution in [0.25, 0.3) is 0 Å². The molecule has 0 spiro atoms. The highest BCUT2D eigenvalue weighted by molar-refractivity contribution is 5.92. The van der Waals surface area contributed by atoms with Gasteiger partial charge < -0.3 is 20.3 Å². The number of benzene rings is 1. The van der Waals surface area contributed by atoms with Crippen LogP contribution in [0.15, 0.2) is 42.0 Å². The number of nitrogens with zero attached hydrogens (tertiary/aromatic N) is 1. The fourth-order valence-corrected chi connectivity index (χ4v) is 4.40. The smallest absolute Gasteiger partial charge is 0.333 e. The van der Waals surface area contributed by atoms with Gasteiger partial charge in [0, 0.05) is 18.0 Å². The van der Waals surface area contributed by atoms with Crippen LogP contribution in [-0.4, -0.2) is 61.5 Å². The van der Waals surface area contributed by atoms with E-state index in [4.69, 9.17) is 4.74 Å². The van der Waals surface area contributed by atoms with Gasteiger partial charge in [-0.2, -0.15) is 0 Å². The molecule has 1 rings (SSSR count). The summed E-state index contributed by atoms with van der Waals surface area (Å²) in [6.07, 6.45) is 1.77. The number of ether oxygens (including phenoxy) is 1. The van der Waals surface area contributed by atoms with Crippen molar-refractivity contribution in [1.82, 2.24) is 15.5 Å². The predicted octanol–water partition coefficient (Wildman–Crippen LogP) is 4.08. The predicted molar refractivity (Wildman–Crippen MR) is 145 cm³/mol. The molecule has 0 radical (unpaired) electrons. The number of amides is 2. The van der Waals surface area contributed by atoms with Gasteiger partial charge in [-0.05, 0) is 37.8 Å². The minimum atomic E-state index is -0.769. The molecule has 1 aromatic carbocycles. The van der Waals surface area contributed by atoms with Crippen LogP contribution in [0.5, 0.6) is 0 Å². The van der Waals surface area contributed by atoms with Crippen LogP contribution in [0.2, 0.25) is 0 Å². The van der Waals surface area contributed by atoms with E-state index in [1.807, 2.05) is 78.8 Å². The van der Waals surface area contributed by atoms with Crippen LogP contribution in [-0.2, 0) is 24.5 Å². The van der Waals surface area contributed by atoms with E-state index in [0.717, 1.165) is 5.56 Å². The van der Waals surface area contributed by atoms with Gasteiger partial charge in [-0.15, -0.1) is 0 Å². The SMILES string of the molecule is CCOC(=O)/C(C)=C/[C@@H](C(C)C)N(C)C(=O)C(NC(=O)[C@@H](NC)C(C)(C)c1ccccc1)C(C)(C)C. The number of nitrogens with one attached hydrogen (secondary N) is 2. The fourth-order valence-electron chi connectivity index (χ4n) is 4.40. The topological polar surface area (TPSA) is 87.7 Å². The summed E-state index contributed by atoms with van der Waals surface area (Å²) in [6, 6.07) is 8.19. The lowest BCUT2D eigenvalue weighted by atomic mass is 9.76. The Morgan fingerprint density at radius 1 is 1.03 bits per heavy atom. The molecular weight excluding hydrogens is 454 g/mol. The van der Waals surface area contributed by atoms with Crippen molar-refractivity contribution >= 4 is 17.8 Å². The number of likely N-dealkylation sites (N-methyl/N-ethyl adjacent to an activating group) is 2. The molecule has 0 heterocycles. The normalized spacial score (nSPS) is 15.2. The van der Waals surface area contributed by atoms with Crippen molar-refractivity contribution in [3.05, 3.63) is 47.5 Å². The van der Waals surface area contributed by atoms with E-state index in [-0.39, 0.29) is 30.4 Å². The first-order valence-electron chi connectivity index (χ1n) is 12.7. The number of hydrogen-bond donors (Lipinski definition) is 2. The average Bonchev–Trinajstić information content (AvgIpc) is 2.80. The minimum Gasteiger partial charge on any atom is -0.463 e. The lowest BCUT2D eigenvalue weighted by molar-refractivity contribution is -0.141. The van der Waals surface area contributed by atoms with Crippen molar-refractivity contribution in [2.75, 3.05) is 20.7 Å². The molecule has 0 fully saturated rings. The molecule has 0 bridgehead atoms. The molecule has 0 saturated heterocycles. The summed E-state index contributed by atoms with van der Waals surface area (Å²) >= 11 is 0. The zero-order chi connectivity index (χ0) is 27.8. The summed E-state index contributed by atoms with van der Waals surface area (Å²) in [7, 11) is 3.48. The number of carbonyl (C=O) groups excluding carboxylic acids is 3. The zero-order valence-corrected chi connectivity index (χ0v) is 24.1. The molecule has 0 aliphatic heterocycles. The monoisotopic (exact) mass is 501 g/mol. The first-order valence-corrected chi connectivity index (χ1v) is 12.7. The number of rotatable bonds is 11. The number of esters is 1. The highest BCUT2D eigenvalue weighted by Crippen LogP contribution is 2.29. The first-order chi connectivity index (χ1) is 16.6. The molecule has 1 aromatic rings. The molecule has 2 amide bonds. The Bertz CT molecular complexity index is 916. The summed E-state index contributed by atoms with van der Waals surface area (Å²) in [5.74, 6) is -0.811. The maximum absolute atomic E-state index is 13.8. The quantitative estimate of drug-likeness (QED) is 0.352. The van der Waals surface area contributed by atoms with Gasteiger partial charge in [0.15, 0.2) is 0 Å². The van der Waals surface area contributed by atoms with E-state index in [1.54, 1.807) is 38.9 Å². The van der Waals surface area contributed by atoms with Crippen LogP contribution in [0.4, 0.5) is 0 Å². The Kier molecular flexibility index (Phi) is 11.4. The van der Waals surface area contributed by atoms with Gasteiger partial charge in [-0.25, -0.2) is 4.79 Å². The molecule has 2 N–H and O–H groups in total. The molecule has 0 aliphatic carbocycles. The van der Waals surface area contributed by atoms with Crippen molar-refractivity contribution in [1.29, 1.82) is 0 Å². The molecule has 202 valence electrons. The minimum absolute atomic E-state index is 0.0433. The molecule has 7 nitrogen and oxygen atoms in total. The second-order valence-corrected chi connectivity index (χ2v) is 11.4. The van der Waals surface area contributed by atoms with Crippen molar-refractivity contribution in [3.8, 4) is 0 Å². The van der Waals surface area contributed by atoms with Gasteiger partial charge in [-0.3, -0.25) is 9.59 Å². The van der Waals surface area contributed by atoms with Crippen molar-refractivity contribution < 1.29 is 19.1 Å². The summed E-state index contributed by atoms with van der Waals surface area (Å²) < 4.78 is 5.11. The molecule has 1 unspecified atom stereocenters. The average molecular weight is 502 g/mol. The van der Waals surface area contributed by atoms with E-state index in [9.17, 15) is 14.4 Å². The lowest BCUT2D eigenvalue weighted by Crippen LogP contribution is -2.61. The molecular formula is C29H47N3O4. The maximum atomic E-state index is 13.8. The second-order valence-electron chi connectivity index (χ2n) is 11.4. The Morgan fingerprint density at radius 2 is 1.58 bits per heavy atom. The largest absolute Gasteiger partial charge is 0.463 e. The van der Waals surface area contributed by atoms with Crippen LogP contribution in [0.1, 0.15) is 67.9 Å². The highest BCUT2D eigenvalue weighted by Gasteiger charge is 2.41. The Labute approximate surface area is 218 Å². The molecule has 0 aliphatic rings. The number of hydrogen-bond acceptors (Lipinski definition) is 5. The third-order valence-electron chi connectivity index (χ3n) is 6.69. The van der Waals surface area contributed by atoms with Gasteiger partial charge >= 0.3 is 5.97 Å². The van der Waals surface area contributed by atoms with Gasteiger partial charge in [0.1, 0.15) is 6.04 Å². The second kappa shape index (κ2) is 13.0. The van der Waals surface area contributed by atoms with E-state index in [2.05, 4.69) is 10.6 Å². The van der Waals surface area contributed by atoms with Crippen LogP contribution < -0.4 is 10.6 Å².